The van der Waals surface area contributed by atoms with Crippen LogP contribution in [0.1, 0.15) is 67.6 Å². The quantitative estimate of drug-likeness (QED) is 0.181. The van der Waals surface area contributed by atoms with Gasteiger partial charge in [0.05, 0.1) is 12.8 Å². The maximum Gasteiger partial charge on any atom is 0.356 e. The van der Waals surface area contributed by atoms with E-state index in [2.05, 4.69) is 60.9 Å². The summed E-state index contributed by atoms with van der Waals surface area (Å²) in [5.74, 6) is 1.55. The lowest BCUT2D eigenvalue weighted by atomic mass is 9.76. The first-order valence-corrected chi connectivity index (χ1v) is 15.0. The maximum absolute atomic E-state index is 11.9. The minimum atomic E-state index is -0.466. The summed E-state index contributed by atoms with van der Waals surface area (Å²) in [7, 11) is 1.35. The Morgan fingerprint density at radius 3 is 2.48 bits per heavy atom. The smallest absolute Gasteiger partial charge is 0.356 e. The predicted molar refractivity (Wildman–Crippen MR) is 161 cm³/mol. The zero-order valence-electron chi connectivity index (χ0n) is 24.1. The third-order valence-electron chi connectivity index (χ3n) is 7.91. The molecule has 0 unspecified atom stereocenters. The van der Waals surface area contributed by atoms with Crippen LogP contribution >= 0.6 is 11.9 Å². The van der Waals surface area contributed by atoms with Crippen LogP contribution in [0.15, 0.2) is 53.6 Å². The number of benzene rings is 1. The topological polar surface area (TPSA) is 85.4 Å². The Morgan fingerprint density at radius 2 is 1.80 bits per heavy atom. The molecule has 2 N–H and O–H groups in total. The fourth-order valence-electron chi connectivity index (χ4n) is 5.75. The van der Waals surface area contributed by atoms with Crippen molar-refractivity contribution in [2.45, 2.75) is 76.9 Å². The van der Waals surface area contributed by atoms with Gasteiger partial charge in [0.15, 0.2) is 0 Å². The molecule has 2 aliphatic carbocycles. The van der Waals surface area contributed by atoms with E-state index in [0.717, 1.165) is 34.6 Å². The number of anilines is 1. The van der Waals surface area contributed by atoms with Crippen LogP contribution in [-0.2, 0) is 4.74 Å². The van der Waals surface area contributed by atoms with Gasteiger partial charge >= 0.3 is 5.97 Å². The maximum atomic E-state index is 11.9. The van der Waals surface area contributed by atoms with Gasteiger partial charge in [-0.2, -0.15) is 0 Å². The third kappa shape index (κ3) is 6.96. The first-order chi connectivity index (χ1) is 19.2. The van der Waals surface area contributed by atoms with Crippen molar-refractivity contribution in [3.05, 3.63) is 65.4 Å². The molecule has 1 aromatic carbocycles. The molecule has 0 radical (unpaired) electrons. The number of aryl methyl sites for hydroxylation is 2. The number of carbonyl (C=O) groups excluding carboxylic acids is 1. The van der Waals surface area contributed by atoms with E-state index in [1.54, 1.807) is 12.1 Å². The lowest BCUT2D eigenvalue weighted by Crippen LogP contribution is -2.49. The largest absolute Gasteiger partial charge is 0.492 e. The summed E-state index contributed by atoms with van der Waals surface area (Å²) in [5.41, 5.74) is 5.22. The number of methoxy groups -OCH3 is 1. The van der Waals surface area contributed by atoms with Gasteiger partial charge in [0.1, 0.15) is 28.9 Å². The van der Waals surface area contributed by atoms with Crippen molar-refractivity contribution < 1.29 is 14.3 Å². The first kappa shape index (κ1) is 28.4. The molecule has 7 nitrogen and oxygen atoms in total. The second-order valence-electron chi connectivity index (χ2n) is 11.8. The van der Waals surface area contributed by atoms with Crippen LogP contribution < -0.4 is 14.8 Å². The fourth-order valence-corrected chi connectivity index (χ4v) is 6.36. The number of aromatic nitrogens is 2. The SMILES string of the molecule is COC(=O)c1cccc(SNc2cc(OC[C@@H](CC(C)C)NC3CC4(CC4)C3)cc(-c3c(C)cccc3C)n2)n1. The molecule has 0 aliphatic heterocycles. The average molecular weight is 561 g/mol. The van der Waals surface area contributed by atoms with E-state index in [0.29, 0.717) is 40.9 Å². The highest BCUT2D eigenvalue weighted by molar-refractivity contribution is 8.00. The summed E-state index contributed by atoms with van der Waals surface area (Å²) in [6.45, 7) is 9.36. The Labute approximate surface area is 242 Å². The standard InChI is InChI=1S/C32H40N4O3S/c1-20(2)14-23(33-24-17-32(18-24)12-13-32)19-39-25-15-27(30-21(3)8-6-9-22(30)4)34-28(16-25)36-40-29-11-7-10-26(35-29)31(37)38-5/h6-11,15-16,20,23-24,33H,12-14,17-19H2,1-5H3,(H,34,36)/t23-/m1/s1. The molecule has 0 bridgehead atoms. The van der Waals surface area contributed by atoms with Crippen LogP contribution in [0, 0.1) is 25.2 Å². The van der Waals surface area contributed by atoms with E-state index in [-0.39, 0.29) is 5.69 Å². The number of pyridine rings is 2. The van der Waals surface area contributed by atoms with E-state index < -0.39 is 5.97 Å². The minimum Gasteiger partial charge on any atom is -0.492 e. The van der Waals surface area contributed by atoms with Crippen molar-refractivity contribution in [2.24, 2.45) is 11.3 Å². The molecule has 40 heavy (non-hydrogen) atoms. The molecular weight excluding hydrogens is 520 g/mol. The van der Waals surface area contributed by atoms with Gasteiger partial charge in [-0.1, -0.05) is 38.1 Å². The van der Waals surface area contributed by atoms with E-state index >= 15 is 0 Å². The van der Waals surface area contributed by atoms with Crippen molar-refractivity contribution >= 4 is 23.7 Å². The highest BCUT2D eigenvalue weighted by Crippen LogP contribution is 2.60. The van der Waals surface area contributed by atoms with Crippen molar-refractivity contribution in [1.29, 1.82) is 0 Å². The van der Waals surface area contributed by atoms with Crippen LogP contribution in [0.2, 0.25) is 0 Å². The van der Waals surface area contributed by atoms with Gasteiger partial charge in [0.2, 0.25) is 0 Å². The molecule has 2 fully saturated rings. The number of hydrogen-bond acceptors (Lipinski definition) is 8. The molecular formula is C32H40N4O3S. The van der Waals surface area contributed by atoms with Gasteiger partial charge in [-0.25, -0.2) is 14.8 Å². The number of hydrogen-bond donors (Lipinski definition) is 2. The van der Waals surface area contributed by atoms with Crippen molar-refractivity contribution in [3.63, 3.8) is 0 Å². The van der Waals surface area contributed by atoms with E-state index in [1.165, 1.54) is 44.7 Å². The Balaban J connectivity index is 1.35. The van der Waals surface area contributed by atoms with Crippen molar-refractivity contribution in [3.8, 4) is 17.0 Å². The Bertz CT molecular complexity index is 1330. The van der Waals surface area contributed by atoms with Crippen molar-refractivity contribution in [1.82, 2.24) is 15.3 Å². The zero-order chi connectivity index (χ0) is 28.3. The lowest BCUT2D eigenvalue weighted by Gasteiger charge is -2.39. The molecule has 2 aromatic heterocycles. The van der Waals surface area contributed by atoms with Crippen LogP contribution in [0.3, 0.4) is 0 Å². The molecule has 1 spiro atoms. The summed E-state index contributed by atoms with van der Waals surface area (Å²) in [4.78, 5) is 21.2. The Kier molecular flexibility index (Phi) is 8.66. The summed E-state index contributed by atoms with van der Waals surface area (Å²) in [6, 6.07) is 16.4. The second-order valence-corrected chi connectivity index (χ2v) is 12.6. The summed E-state index contributed by atoms with van der Waals surface area (Å²) in [5, 5.41) is 4.53. The summed E-state index contributed by atoms with van der Waals surface area (Å²) >= 11 is 1.29. The van der Waals surface area contributed by atoms with E-state index in [4.69, 9.17) is 14.5 Å². The van der Waals surface area contributed by atoms with Crippen LogP contribution in [0.4, 0.5) is 5.82 Å². The predicted octanol–water partition coefficient (Wildman–Crippen LogP) is 6.99. The van der Waals surface area contributed by atoms with Crippen LogP contribution in [0.5, 0.6) is 5.75 Å². The Hall–Kier alpha value is -3.10. The average Bonchev–Trinajstić information content (AvgIpc) is 3.71. The highest BCUT2D eigenvalue weighted by atomic mass is 32.2. The lowest BCUT2D eigenvalue weighted by molar-refractivity contribution is 0.0593. The zero-order valence-corrected chi connectivity index (χ0v) is 24.9. The van der Waals surface area contributed by atoms with Gasteiger partial charge < -0.3 is 19.5 Å². The highest BCUT2D eigenvalue weighted by Gasteiger charge is 2.52. The van der Waals surface area contributed by atoms with Gasteiger partial charge in [0, 0.05) is 41.7 Å². The number of carbonyl (C=O) groups is 1. The van der Waals surface area contributed by atoms with Crippen molar-refractivity contribution in [2.75, 3.05) is 18.4 Å². The fraction of sp³-hybridized carbons (Fsp3) is 0.469. The molecule has 0 amide bonds. The second kappa shape index (κ2) is 12.2. The molecule has 3 aromatic rings. The molecule has 0 saturated heterocycles. The molecule has 212 valence electrons. The number of nitrogens with zero attached hydrogens (tertiary/aromatic N) is 2. The van der Waals surface area contributed by atoms with Crippen LogP contribution in [-0.4, -0.2) is 41.7 Å². The third-order valence-corrected chi connectivity index (χ3v) is 8.66. The molecule has 1 atom stereocenters. The summed E-state index contributed by atoms with van der Waals surface area (Å²) < 4.78 is 14.6. The van der Waals surface area contributed by atoms with Gasteiger partial charge in [-0.15, -0.1) is 0 Å². The minimum absolute atomic E-state index is 0.262. The summed E-state index contributed by atoms with van der Waals surface area (Å²) in [6.07, 6.45) is 6.51. The normalized spacial score (nSPS) is 16.4. The van der Waals surface area contributed by atoms with E-state index in [9.17, 15) is 4.79 Å². The van der Waals surface area contributed by atoms with Gasteiger partial charge in [-0.3, -0.25) is 0 Å². The molecule has 8 heteroatoms. The molecule has 5 rings (SSSR count). The number of nitrogens with one attached hydrogen (secondary N) is 2. The number of rotatable bonds is 12. The van der Waals surface area contributed by atoms with Gasteiger partial charge in [-0.05, 0) is 80.5 Å². The monoisotopic (exact) mass is 560 g/mol. The van der Waals surface area contributed by atoms with E-state index in [1.807, 2.05) is 18.2 Å². The Morgan fingerprint density at radius 1 is 1.07 bits per heavy atom. The molecule has 2 heterocycles. The molecule has 2 aliphatic rings. The molecule has 2 saturated carbocycles. The number of ether oxygens (including phenoxy) is 2. The van der Waals surface area contributed by atoms with Crippen LogP contribution in [0.25, 0.3) is 11.3 Å². The number of esters is 1. The van der Waals surface area contributed by atoms with Gasteiger partial charge in [0.25, 0.3) is 0 Å². The first-order valence-electron chi connectivity index (χ1n) is 14.2.